The minimum Gasteiger partial charge on any atom is -0.471 e. The van der Waals surface area contributed by atoms with Crippen LogP contribution in [0.4, 0.5) is 0 Å². The molecule has 7 nitrogen and oxygen atoms in total. The topological polar surface area (TPSA) is 96.2 Å². The van der Waals surface area contributed by atoms with E-state index in [0.717, 1.165) is 16.7 Å². The van der Waals surface area contributed by atoms with Crippen LogP contribution in [0.1, 0.15) is 28.8 Å². The summed E-state index contributed by atoms with van der Waals surface area (Å²) in [5, 5.41) is 9.07. The molecule has 1 aromatic heterocycles. The lowest BCUT2D eigenvalue weighted by atomic mass is 10.1. The highest BCUT2D eigenvalue weighted by atomic mass is 32.2. The van der Waals surface area contributed by atoms with Crippen molar-refractivity contribution >= 4 is 10.0 Å². The lowest BCUT2D eigenvalue weighted by molar-refractivity contribution is 0.205. The molecule has 0 spiro atoms. The maximum atomic E-state index is 13.1. The van der Waals surface area contributed by atoms with Crippen LogP contribution in [-0.2, 0) is 10.0 Å². The summed E-state index contributed by atoms with van der Waals surface area (Å²) in [6.45, 7) is 6.16. The van der Waals surface area contributed by atoms with E-state index in [1.807, 2.05) is 39.0 Å². The van der Waals surface area contributed by atoms with Crippen LogP contribution in [0.2, 0.25) is 0 Å². The Morgan fingerprint density at radius 1 is 1.19 bits per heavy atom. The van der Waals surface area contributed by atoms with Crippen LogP contribution >= 0.6 is 0 Å². The first-order valence-electron chi connectivity index (χ1n) is 8.28. The molecule has 26 heavy (non-hydrogen) atoms. The molecule has 136 valence electrons. The summed E-state index contributed by atoms with van der Waals surface area (Å²) in [5.74, 6) is 0.141. The van der Waals surface area contributed by atoms with Crippen molar-refractivity contribution in [3.63, 3.8) is 0 Å². The first kappa shape index (κ1) is 18.3. The Hall–Kier alpha value is -2.50. The number of ether oxygens (including phenoxy) is 1. The number of benzene rings is 1. The van der Waals surface area contributed by atoms with Crippen LogP contribution in [0.15, 0.2) is 29.4 Å². The summed E-state index contributed by atoms with van der Waals surface area (Å²) in [4.78, 5) is 8.29. The van der Waals surface area contributed by atoms with E-state index < -0.39 is 10.0 Å². The van der Waals surface area contributed by atoms with Crippen LogP contribution in [0.5, 0.6) is 5.88 Å². The Kier molecular flexibility index (Phi) is 4.94. The van der Waals surface area contributed by atoms with Crippen molar-refractivity contribution in [1.29, 1.82) is 5.26 Å². The SMILES string of the molecule is Cc1cc(C)c(S(=O)(=O)N2CCC(Oc3nccnc3C#N)C2)c(C)c1. The van der Waals surface area contributed by atoms with Crippen molar-refractivity contribution in [3.05, 3.63) is 46.9 Å². The minimum atomic E-state index is -3.61. The molecule has 0 bridgehead atoms. The highest BCUT2D eigenvalue weighted by molar-refractivity contribution is 7.89. The number of sulfonamides is 1. The van der Waals surface area contributed by atoms with Gasteiger partial charge in [0.05, 0.1) is 11.4 Å². The number of rotatable bonds is 4. The molecule has 1 atom stereocenters. The molecule has 1 fully saturated rings. The van der Waals surface area contributed by atoms with E-state index in [0.29, 0.717) is 17.9 Å². The molecule has 0 amide bonds. The van der Waals surface area contributed by atoms with Crippen molar-refractivity contribution in [2.75, 3.05) is 13.1 Å². The average molecular weight is 372 g/mol. The van der Waals surface area contributed by atoms with Gasteiger partial charge in [0.25, 0.3) is 5.88 Å². The molecule has 1 saturated heterocycles. The van der Waals surface area contributed by atoms with Crippen molar-refractivity contribution in [1.82, 2.24) is 14.3 Å². The molecular formula is C18H20N4O3S. The van der Waals surface area contributed by atoms with Gasteiger partial charge in [0, 0.05) is 18.9 Å². The first-order chi connectivity index (χ1) is 12.3. The highest BCUT2D eigenvalue weighted by Crippen LogP contribution is 2.29. The van der Waals surface area contributed by atoms with E-state index in [1.165, 1.54) is 16.7 Å². The Morgan fingerprint density at radius 2 is 1.85 bits per heavy atom. The van der Waals surface area contributed by atoms with Gasteiger partial charge < -0.3 is 4.74 Å². The van der Waals surface area contributed by atoms with Crippen LogP contribution in [0.25, 0.3) is 0 Å². The number of aryl methyl sites for hydroxylation is 3. The lowest BCUT2D eigenvalue weighted by Gasteiger charge is -2.20. The van der Waals surface area contributed by atoms with Gasteiger partial charge in [-0.2, -0.15) is 9.57 Å². The zero-order chi connectivity index (χ0) is 18.9. The highest BCUT2D eigenvalue weighted by Gasteiger charge is 2.35. The van der Waals surface area contributed by atoms with Crippen LogP contribution in [0.3, 0.4) is 0 Å². The smallest absolute Gasteiger partial charge is 0.251 e. The molecule has 3 rings (SSSR count). The van der Waals surface area contributed by atoms with Gasteiger partial charge in [-0.05, 0) is 38.3 Å². The zero-order valence-corrected chi connectivity index (χ0v) is 15.7. The zero-order valence-electron chi connectivity index (χ0n) is 14.9. The van der Waals surface area contributed by atoms with Crippen molar-refractivity contribution in [2.45, 2.75) is 38.2 Å². The monoisotopic (exact) mass is 372 g/mol. The van der Waals surface area contributed by atoms with Gasteiger partial charge in [-0.25, -0.2) is 18.4 Å². The summed E-state index contributed by atoms with van der Waals surface area (Å²) in [7, 11) is -3.61. The fourth-order valence-electron chi connectivity index (χ4n) is 3.36. The predicted molar refractivity (Wildman–Crippen MR) is 95.2 cm³/mol. The second-order valence-corrected chi connectivity index (χ2v) is 8.32. The number of aromatic nitrogens is 2. The number of hydrogen-bond donors (Lipinski definition) is 0. The van der Waals surface area contributed by atoms with Gasteiger partial charge >= 0.3 is 0 Å². The van der Waals surface area contributed by atoms with E-state index in [1.54, 1.807) is 0 Å². The van der Waals surface area contributed by atoms with Gasteiger partial charge in [0.2, 0.25) is 15.7 Å². The Bertz CT molecular complexity index is 959. The van der Waals surface area contributed by atoms with Crippen molar-refractivity contribution in [2.24, 2.45) is 0 Å². The molecule has 0 N–H and O–H groups in total. The Balaban J connectivity index is 1.81. The third-order valence-electron chi connectivity index (χ3n) is 4.36. The minimum absolute atomic E-state index is 0.0963. The molecule has 2 aromatic rings. The molecule has 1 aliphatic heterocycles. The molecular weight excluding hydrogens is 352 g/mol. The van der Waals surface area contributed by atoms with E-state index in [-0.39, 0.29) is 24.2 Å². The third-order valence-corrected chi connectivity index (χ3v) is 6.53. The van der Waals surface area contributed by atoms with Crippen LogP contribution < -0.4 is 4.74 Å². The fraction of sp³-hybridized carbons (Fsp3) is 0.389. The van der Waals surface area contributed by atoms with Gasteiger partial charge in [0.1, 0.15) is 12.2 Å². The van der Waals surface area contributed by atoms with Gasteiger partial charge in [0.15, 0.2) is 0 Å². The molecule has 0 radical (unpaired) electrons. The van der Waals surface area contributed by atoms with E-state index >= 15 is 0 Å². The third kappa shape index (κ3) is 3.41. The molecule has 1 unspecified atom stereocenters. The second-order valence-electron chi connectivity index (χ2n) is 6.44. The maximum absolute atomic E-state index is 13.1. The van der Waals surface area contributed by atoms with E-state index in [2.05, 4.69) is 9.97 Å². The largest absolute Gasteiger partial charge is 0.471 e. The number of nitriles is 1. The molecule has 0 saturated carbocycles. The summed E-state index contributed by atoms with van der Waals surface area (Å²) in [6, 6.07) is 5.68. The predicted octanol–water partition coefficient (Wildman–Crippen LogP) is 2.12. The van der Waals surface area contributed by atoms with Crippen LogP contribution in [-0.4, -0.2) is 41.9 Å². The van der Waals surface area contributed by atoms with Crippen molar-refractivity contribution in [3.8, 4) is 11.9 Å². The molecule has 1 aromatic carbocycles. The normalized spacial score (nSPS) is 17.8. The van der Waals surface area contributed by atoms with Crippen molar-refractivity contribution < 1.29 is 13.2 Å². The van der Waals surface area contributed by atoms with E-state index in [9.17, 15) is 8.42 Å². The quantitative estimate of drug-likeness (QED) is 0.815. The van der Waals surface area contributed by atoms with Gasteiger partial charge in [-0.3, -0.25) is 0 Å². The summed E-state index contributed by atoms with van der Waals surface area (Å²) >= 11 is 0. The molecule has 2 heterocycles. The molecule has 0 aliphatic carbocycles. The Morgan fingerprint density at radius 3 is 2.50 bits per heavy atom. The summed E-state index contributed by atoms with van der Waals surface area (Å²) < 4.78 is 33.4. The summed E-state index contributed by atoms with van der Waals surface area (Å²) in [5.41, 5.74) is 2.62. The number of hydrogen-bond acceptors (Lipinski definition) is 6. The molecule has 8 heteroatoms. The number of nitrogens with zero attached hydrogens (tertiary/aromatic N) is 4. The summed E-state index contributed by atoms with van der Waals surface area (Å²) in [6.07, 6.45) is 3.03. The van der Waals surface area contributed by atoms with Gasteiger partial charge in [-0.15, -0.1) is 0 Å². The standard InChI is InChI=1S/C18H20N4O3S/c1-12-8-13(2)17(14(3)9-12)26(23,24)22-7-4-15(11-22)25-18-16(10-19)20-5-6-21-18/h5-6,8-9,15H,4,7,11H2,1-3H3. The molecule has 1 aliphatic rings. The van der Waals surface area contributed by atoms with Crippen LogP contribution in [0, 0.1) is 32.1 Å². The second kappa shape index (κ2) is 7.02. The van der Waals surface area contributed by atoms with E-state index in [4.69, 9.17) is 10.00 Å². The average Bonchev–Trinajstić information content (AvgIpc) is 3.03. The maximum Gasteiger partial charge on any atom is 0.251 e. The fourth-order valence-corrected chi connectivity index (χ4v) is 5.26. The first-order valence-corrected chi connectivity index (χ1v) is 9.72. The van der Waals surface area contributed by atoms with Gasteiger partial charge in [-0.1, -0.05) is 17.7 Å². The Labute approximate surface area is 153 Å². The lowest BCUT2D eigenvalue weighted by Crippen LogP contribution is -2.32.